The van der Waals surface area contributed by atoms with E-state index in [1.165, 1.54) is 26.1 Å². The highest BCUT2D eigenvalue weighted by atomic mass is 16.5. The van der Waals surface area contributed by atoms with Crippen LogP contribution >= 0.6 is 0 Å². The van der Waals surface area contributed by atoms with Crippen LogP contribution in [0.4, 0.5) is 0 Å². The lowest BCUT2D eigenvalue weighted by Crippen LogP contribution is -2.52. The standard InChI is InChI=1S/C18H37N5O/c1-5-22-7-6-16(14-22)12-20-18(19-4)21-13-17(15(2)3)23-8-10-24-11-9-23/h15-17H,5-14H2,1-4H3,(H2,19,20,21). The van der Waals surface area contributed by atoms with E-state index in [0.29, 0.717) is 12.0 Å². The number of likely N-dealkylation sites (tertiary alicyclic amines) is 1. The maximum absolute atomic E-state index is 5.49. The molecule has 2 saturated heterocycles. The summed E-state index contributed by atoms with van der Waals surface area (Å²) in [6.45, 7) is 16.2. The molecule has 0 saturated carbocycles. The van der Waals surface area contributed by atoms with Crippen molar-refractivity contribution in [2.24, 2.45) is 16.8 Å². The van der Waals surface area contributed by atoms with E-state index in [4.69, 9.17) is 4.74 Å². The molecule has 140 valence electrons. The quantitative estimate of drug-likeness (QED) is 0.532. The average molecular weight is 340 g/mol. The maximum atomic E-state index is 5.49. The second kappa shape index (κ2) is 10.2. The molecular weight excluding hydrogens is 302 g/mol. The second-order valence-corrected chi connectivity index (χ2v) is 7.34. The third-order valence-electron chi connectivity index (χ3n) is 5.36. The molecule has 2 unspecified atom stereocenters. The molecule has 2 N–H and O–H groups in total. The van der Waals surface area contributed by atoms with Gasteiger partial charge in [-0.05, 0) is 31.3 Å². The van der Waals surface area contributed by atoms with Gasteiger partial charge in [0.15, 0.2) is 5.96 Å². The Labute approximate surface area is 148 Å². The topological polar surface area (TPSA) is 52.1 Å². The summed E-state index contributed by atoms with van der Waals surface area (Å²) in [4.78, 5) is 9.47. The van der Waals surface area contributed by atoms with Gasteiger partial charge < -0.3 is 20.3 Å². The molecule has 6 heteroatoms. The number of nitrogens with zero attached hydrogens (tertiary/aromatic N) is 3. The van der Waals surface area contributed by atoms with Gasteiger partial charge in [0.2, 0.25) is 0 Å². The summed E-state index contributed by atoms with van der Waals surface area (Å²) < 4.78 is 5.49. The first-order chi connectivity index (χ1) is 11.6. The predicted octanol–water partition coefficient (Wildman–Crippen LogP) is 0.850. The minimum Gasteiger partial charge on any atom is -0.379 e. The van der Waals surface area contributed by atoms with Crippen molar-refractivity contribution in [3.8, 4) is 0 Å². The summed E-state index contributed by atoms with van der Waals surface area (Å²) in [6.07, 6.45) is 1.29. The molecule has 0 amide bonds. The molecule has 0 aromatic rings. The molecule has 0 aromatic heterocycles. The van der Waals surface area contributed by atoms with E-state index in [9.17, 15) is 0 Å². The zero-order valence-corrected chi connectivity index (χ0v) is 16.1. The highest BCUT2D eigenvalue weighted by Crippen LogP contribution is 2.14. The van der Waals surface area contributed by atoms with Crippen LogP contribution < -0.4 is 10.6 Å². The van der Waals surface area contributed by atoms with Gasteiger partial charge in [-0.1, -0.05) is 20.8 Å². The number of rotatable bonds is 7. The lowest BCUT2D eigenvalue weighted by Gasteiger charge is -2.37. The first-order valence-electron chi connectivity index (χ1n) is 9.62. The van der Waals surface area contributed by atoms with Gasteiger partial charge >= 0.3 is 0 Å². The second-order valence-electron chi connectivity index (χ2n) is 7.34. The largest absolute Gasteiger partial charge is 0.379 e. The van der Waals surface area contributed by atoms with Crippen LogP contribution in [0, 0.1) is 11.8 Å². The Morgan fingerprint density at radius 3 is 2.54 bits per heavy atom. The number of ether oxygens (including phenoxy) is 1. The number of aliphatic imine (C=N–C) groups is 1. The third-order valence-corrected chi connectivity index (χ3v) is 5.36. The normalized spacial score (nSPS) is 25.2. The van der Waals surface area contributed by atoms with E-state index in [1.807, 2.05) is 7.05 Å². The van der Waals surface area contributed by atoms with Crippen LogP contribution in [0.5, 0.6) is 0 Å². The molecule has 6 nitrogen and oxygen atoms in total. The van der Waals surface area contributed by atoms with Gasteiger partial charge in [0, 0.05) is 45.8 Å². The van der Waals surface area contributed by atoms with Crippen LogP contribution in [0.3, 0.4) is 0 Å². The number of hydrogen-bond acceptors (Lipinski definition) is 4. The van der Waals surface area contributed by atoms with E-state index >= 15 is 0 Å². The van der Waals surface area contributed by atoms with Gasteiger partial charge in [-0.3, -0.25) is 9.89 Å². The van der Waals surface area contributed by atoms with Crippen LogP contribution in [0.2, 0.25) is 0 Å². The zero-order chi connectivity index (χ0) is 17.4. The van der Waals surface area contributed by atoms with Crippen molar-refractivity contribution in [1.82, 2.24) is 20.4 Å². The van der Waals surface area contributed by atoms with Gasteiger partial charge in [0.25, 0.3) is 0 Å². The van der Waals surface area contributed by atoms with Gasteiger partial charge in [-0.2, -0.15) is 0 Å². The third kappa shape index (κ3) is 5.90. The zero-order valence-electron chi connectivity index (χ0n) is 16.1. The predicted molar refractivity (Wildman–Crippen MR) is 101 cm³/mol. The van der Waals surface area contributed by atoms with Crippen molar-refractivity contribution in [3.63, 3.8) is 0 Å². The first kappa shape index (κ1) is 19.5. The van der Waals surface area contributed by atoms with Crippen LogP contribution in [0.1, 0.15) is 27.2 Å². The molecule has 2 atom stereocenters. The van der Waals surface area contributed by atoms with Crippen molar-refractivity contribution in [2.75, 3.05) is 66.1 Å². The van der Waals surface area contributed by atoms with Crippen molar-refractivity contribution in [2.45, 2.75) is 33.2 Å². The van der Waals surface area contributed by atoms with E-state index in [2.05, 4.69) is 46.2 Å². The molecule has 24 heavy (non-hydrogen) atoms. The van der Waals surface area contributed by atoms with Crippen LogP contribution in [0.15, 0.2) is 4.99 Å². The molecular formula is C18H37N5O. The maximum Gasteiger partial charge on any atom is 0.191 e. The Morgan fingerprint density at radius 1 is 1.21 bits per heavy atom. The smallest absolute Gasteiger partial charge is 0.191 e. The van der Waals surface area contributed by atoms with Gasteiger partial charge in [-0.15, -0.1) is 0 Å². The lowest BCUT2D eigenvalue weighted by atomic mass is 10.0. The highest BCUT2D eigenvalue weighted by Gasteiger charge is 2.24. The molecule has 2 heterocycles. The number of nitrogens with one attached hydrogen (secondary N) is 2. The molecule has 0 aliphatic carbocycles. The van der Waals surface area contributed by atoms with Crippen LogP contribution in [0.25, 0.3) is 0 Å². The molecule has 2 rings (SSSR count). The van der Waals surface area contributed by atoms with Crippen molar-refractivity contribution < 1.29 is 4.74 Å². The molecule has 0 aromatic carbocycles. The lowest BCUT2D eigenvalue weighted by molar-refractivity contribution is 0.00752. The van der Waals surface area contributed by atoms with Crippen LogP contribution in [-0.4, -0.2) is 87.9 Å². The fourth-order valence-corrected chi connectivity index (χ4v) is 3.73. The summed E-state index contributed by atoms with van der Waals surface area (Å²) in [5, 5.41) is 7.06. The monoisotopic (exact) mass is 339 g/mol. The van der Waals surface area contributed by atoms with E-state index in [1.54, 1.807) is 0 Å². The molecule has 0 spiro atoms. The Morgan fingerprint density at radius 2 is 1.96 bits per heavy atom. The Kier molecular flexibility index (Phi) is 8.29. The summed E-state index contributed by atoms with van der Waals surface area (Å²) in [6, 6.07) is 0.523. The fraction of sp³-hybridized carbons (Fsp3) is 0.944. The van der Waals surface area contributed by atoms with Crippen LogP contribution in [-0.2, 0) is 4.74 Å². The molecule has 0 radical (unpaired) electrons. The molecule has 2 fully saturated rings. The van der Waals surface area contributed by atoms with Gasteiger partial charge in [-0.25, -0.2) is 0 Å². The molecule has 0 bridgehead atoms. The summed E-state index contributed by atoms with van der Waals surface area (Å²) >= 11 is 0. The minimum absolute atomic E-state index is 0.523. The molecule has 2 aliphatic rings. The van der Waals surface area contributed by atoms with Crippen molar-refractivity contribution in [3.05, 3.63) is 0 Å². The van der Waals surface area contributed by atoms with Gasteiger partial charge in [0.05, 0.1) is 13.2 Å². The number of morpholine rings is 1. The molecule has 2 aliphatic heterocycles. The number of hydrogen-bond donors (Lipinski definition) is 2. The minimum atomic E-state index is 0.523. The van der Waals surface area contributed by atoms with E-state index < -0.39 is 0 Å². The highest BCUT2D eigenvalue weighted by molar-refractivity contribution is 5.79. The SMILES string of the molecule is CCN1CCC(CNC(=NC)NCC(C(C)C)N2CCOCC2)C1. The van der Waals surface area contributed by atoms with Gasteiger partial charge in [0.1, 0.15) is 0 Å². The number of guanidine groups is 1. The average Bonchev–Trinajstić information content (AvgIpc) is 3.06. The summed E-state index contributed by atoms with van der Waals surface area (Å²) in [5.74, 6) is 2.29. The summed E-state index contributed by atoms with van der Waals surface area (Å²) in [7, 11) is 1.86. The first-order valence-corrected chi connectivity index (χ1v) is 9.62. The van der Waals surface area contributed by atoms with E-state index in [-0.39, 0.29) is 0 Å². The van der Waals surface area contributed by atoms with E-state index in [0.717, 1.165) is 51.3 Å². The Hall–Kier alpha value is -0.850. The van der Waals surface area contributed by atoms with Crippen molar-refractivity contribution >= 4 is 5.96 Å². The van der Waals surface area contributed by atoms with Crippen molar-refractivity contribution in [1.29, 1.82) is 0 Å². The Bertz CT molecular complexity index is 382. The fourth-order valence-electron chi connectivity index (χ4n) is 3.73. The Balaban J connectivity index is 1.74. The summed E-state index contributed by atoms with van der Waals surface area (Å²) in [5.41, 5.74) is 0.